The third-order valence-corrected chi connectivity index (χ3v) is 5.56. The molecule has 0 heterocycles. The first-order valence-electron chi connectivity index (χ1n) is 5.27. The molecule has 0 radical (unpaired) electrons. The van der Waals surface area contributed by atoms with Crippen molar-refractivity contribution in [3.8, 4) is 0 Å². The fraction of sp³-hybridized carbons (Fsp3) is 0.455. The maximum absolute atomic E-state index is 12.9. The van der Waals surface area contributed by atoms with Gasteiger partial charge in [-0.3, -0.25) is 0 Å². The summed E-state index contributed by atoms with van der Waals surface area (Å²) in [6.07, 6.45) is -4.63. The number of benzene rings is 1. The highest BCUT2D eigenvalue weighted by molar-refractivity contribution is 9.10. The van der Waals surface area contributed by atoms with E-state index >= 15 is 0 Å². The van der Waals surface area contributed by atoms with Gasteiger partial charge in [0.25, 0.3) is 0 Å². The second-order valence-electron chi connectivity index (χ2n) is 3.97. The molecule has 2 nitrogen and oxygen atoms in total. The molecule has 1 aromatic rings. The molecular formula is C11H11BrClF3O2S. The summed E-state index contributed by atoms with van der Waals surface area (Å²) in [5, 5.41) is -0.972. The van der Waals surface area contributed by atoms with Gasteiger partial charge in [0.15, 0.2) is 9.84 Å². The highest BCUT2D eigenvalue weighted by Gasteiger charge is 2.38. The van der Waals surface area contributed by atoms with Crippen LogP contribution in [-0.4, -0.2) is 19.5 Å². The van der Waals surface area contributed by atoms with Crippen LogP contribution in [0.2, 0.25) is 0 Å². The van der Waals surface area contributed by atoms with Gasteiger partial charge in [-0.05, 0) is 31.5 Å². The minimum Gasteiger partial charge on any atom is -0.223 e. The quantitative estimate of drug-likeness (QED) is 0.733. The van der Waals surface area contributed by atoms with E-state index in [0.717, 1.165) is 18.2 Å². The summed E-state index contributed by atoms with van der Waals surface area (Å²) in [5.41, 5.74) is -1.16. The molecule has 19 heavy (non-hydrogen) atoms. The van der Waals surface area contributed by atoms with Gasteiger partial charge in [0, 0.05) is 10.4 Å². The maximum atomic E-state index is 12.9. The molecule has 1 rings (SSSR count). The van der Waals surface area contributed by atoms with E-state index in [1.807, 2.05) is 0 Å². The first-order chi connectivity index (χ1) is 8.60. The topological polar surface area (TPSA) is 34.1 Å². The van der Waals surface area contributed by atoms with Crippen molar-refractivity contribution in [2.24, 2.45) is 0 Å². The monoisotopic (exact) mass is 378 g/mol. The molecule has 0 saturated heterocycles. The average Bonchev–Trinajstić information content (AvgIpc) is 2.27. The zero-order valence-corrected chi connectivity index (χ0v) is 13.0. The molecule has 0 aliphatic carbocycles. The van der Waals surface area contributed by atoms with E-state index in [9.17, 15) is 21.6 Å². The number of hydrogen-bond donors (Lipinski definition) is 0. The van der Waals surface area contributed by atoms with Gasteiger partial charge in [0.2, 0.25) is 0 Å². The Morgan fingerprint density at radius 1 is 1.37 bits per heavy atom. The molecule has 0 aromatic heterocycles. The Morgan fingerprint density at radius 3 is 2.42 bits per heavy atom. The summed E-state index contributed by atoms with van der Waals surface area (Å²) in [6.45, 7) is 1.35. The van der Waals surface area contributed by atoms with E-state index in [2.05, 4.69) is 15.9 Å². The van der Waals surface area contributed by atoms with Crippen LogP contribution >= 0.6 is 27.5 Å². The van der Waals surface area contributed by atoms with Crippen molar-refractivity contribution in [1.29, 1.82) is 0 Å². The molecule has 0 N–H and O–H groups in total. The lowest BCUT2D eigenvalue weighted by molar-refractivity contribution is -0.139. The number of hydrogen-bond acceptors (Lipinski definition) is 2. The van der Waals surface area contributed by atoms with E-state index in [0.29, 0.717) is 0 Å². The Morgan fingerprint density at radius 2 is 1.95 bits per heavy atom. The highest BCUT2D eigenvalue weighted by atomic mass is 79.9. The summed E-state index contributed by atoms with van der Waals surface area (Å²) >= 11 is 8.44. The number of rotatable bonds is 4. The summed E-state index contributed by atoms with van der Waals surface area (Å²) in [5.74, 6) is 0.0652. The third kappa shape index (κ3) is 3.86. The Kier molecular flexibility index (Phi) is 5.31. The second-order valence-corrected chi connectivity index (χ2v) is 7.60. The van der Waals surface area contributed by atoms with Crippen LogP contribution in [0.15, 0.2) is 27.6 Å². The molecule has 108 valence electrons. The minimum atomic E-state index is -4.72. The van der Waals surface area contributed by atoms with Crippen LogP contribution in [-0.2, 0) is 16.0 Å². The number of sulfone groups is 1. The van der Waals surface area contributed by atoms with E-state index in [-0.39, 0.29) is 16.8 Å². The van der Waals surface area contributed by atoms with Crippen molar-refractivity contribution in [2.45, 2.75) is 29.7 Å². The predicted octanol–water partition coefficient (Wildman–Crippen LogP) is 4.26. The summed E-state index contributed by atoms with van der Waals surface area (Å²) in [6, 6.07) is 2.89. The molecule has 1 unspecified atom stereocenters. The SMILES string of the molecule is CC(CCCl)S(=O)(=O)c1cc(Br)ccc1C(F)(F)F. The van der Waals surface area contributed by atoms with Crippen molar-refractivity contribution in [2.75, 3.05) is 5.88 Å². The Balaban J connectivity index is 3.45. The van der Waals surface area contributed by atoms with Gasteiger partial charge in [0.1, 0.15) is 0 Å². The lowest BCUT2D eigenvalue weighted by Gasteiger charge is -2.17. The molecule has 1 aromatic carbocycles. The van der Waals surface area contributed by atoms with Crippen LogP contribution in [0.5, 0.6) is 0 Å². The lowest BCUT2D eigenvalue weighted by Crippen LogP contribution is -2.22. The zero-order valence-electron chi connectivity index (χ0n) is 9.84. The van der Waals surface area contributed by atoms with Gasteiger partial charge in [0.05, 0.1) is 15.7 Å². The summed E-state index contributed by atoms with van der Waals surface area (Å²) in [7, 11) is -4.07. The minimum absolute atomic E-state index is 0.0652. The molecule has 8 heteroatoms. The third-order valence-electron chi connectivity index (χ3n) is 2.60. The first kappa shape index (κ1) is 16.8. The highest BCUT2D eigenvalue weighted by Crippen LogP contribution is 2.37. The van der Waals surface area contributed by atoms with Gasteiger partial charge in [-0.2, -0.15) is 13.2 Å². The van der Waals surface area contributed by atoms with E-state index in [1.165, 1.54) is 6.92 Å². The lowest BCUT2D eigenvalue weighted by atomic mass is 10.2. The second kappa shape index (κ2) is 6.01. The molecule has 0 aliphatic rings. The molecule has 0 amide bonds. The Hall–Kier alpha value is -0.270. The molecule has 0 fully saturated rings. The van der Waals surface area contributed by atoms with Crippen LogP contribution in [0.3, 0.4) is 0 Å². The maximum Gasteiger partial charge on any atom is 0.417 e. The molecule has 0 bridgehead atoms. The normalized spacial score (nSPS) is 14.4. The summed E-state index contributed by atoms with van der Waals surface area (Å²) < 4.78 is 63.2. The molecule has 0 spiro atoms. The molecule has 0 aliphatic heterocycles. The fourth-order valence-corrected chi connectivity index (χ4v) is 4.10. The van der Waals surface area contributed by atoms with Crippen LogP contribution in [0.4, 0.5) is 13.2 Å². The van der Waals surface area contributed by atoms with E-state index < -0.39 is 31.7 Å². The summed E-state index contributed by atoms with van der Waals surface area (Å²) in [4.78, 5) is -0.716. The van der Waals surface area contributed by atoms with Gasteiger partial charge in [-0.15, -0.1) is 11.6 Å². The van der Waals surface area contributed by atoms with Crippen LogP contribution in [0.25, 0.3) is 0 Å². The molecule has 1 atom stereocenters. The van der Waals surface area contributed by atoms with Crippen molar-refractivity contribution in [3.05, 3.63) is 28.2 Å². The fourth-order valence-electron chi connectivity index (χ4n) is 1.49. The van der Waals surface area contributed by atoms with Crippen LogP contribution in [0.1, 0.15) is 18.9 Å². The average molecular weight is 380 g/mol. The Labute approximate surface area is 123 Å². The number of alkyl halides is 4. The van der Waals surface area contributed by atoms with Gasteiger partial charge in [-0.25, -0.2) is 8.42 Å². The van der Waals surface area contributed by atoms with Crippen LogP contribution < -0.4 is 0 Å². The Bertz CT molecular complexity index is 558. The van der Waals surface area contributed by atoms with Crippen molar-refractivity contribution in [3.63, 3.8) is 0 Å². The largest absolute Gasteiger partial charge is 0.417 e. The molecule has 0 saturated carbocycles. The number of halogens is 5. The molecular weight excluding hydrogens is 369 g/mol. The van der Waals surface area contributed by atoms with Crippen molar-refractivity contribution < 1.29 is 21.6 Å². The standard InChI is InChI=1S/C11H11BrClF3O2S/c1-7(4-5-13)19(17,18)10-6-8(12)2-3-9(10)11(14,15)16/h2-3,6-7H,4-5H2,1H3. The van der Waals surface area contributed by atoms with Gasteiger partial charge < -0.3 is 0 Å². The predicted molar refractivity (Wildman–Crippen MR) is 71.1 cm³/mol. The van der Waals surface area contributed by atoms with Crippen LogP contribution in [0, 0.1) is 0 Å². The smallest absolute Gasteiger partial charge is 0.223 e. The van der Waals surface area contributed by atoms with E-state index in [1.54, 1.807) is 0 Å². The van der Waals surface area contributed by atoms with Crippen molar-refractivity contribution in [1.82, 2.24) is 0 Å². The van der Waals surface area contributed by atoms with Gasteiger partial charge in [-0.1, -0.05) is 15.9 Å². The first-order valence-corrected chi connectivity index (χ1v) is 8.14. The van der Waals surface area contributed by atoms with Crippen molar-refractivity contribution >= 4 is 37.4 Å². The van der Waals surface area contributed by atoms with Gasteiger partial charge >= 0.3 is 6.18 Å². The zero-order chi connectivity index (χ0) is 14.8. The van der Waals surface area contributed by atoms with E-state index in [4.69, 9.17) is 11.6 Å².